The van der Waals surface area contributed by atoms with E-state index >= 15 is 0 Å². The van der Waals surface area contributed by atoms with Crippen molar-refractivity contribution >= 4 is 11.7 Å². The van der Waals surface area contributed by atoms with Crippen molar-refractivity contribution in [1.82, 2.24) is 14.9 Å². The van der Waals surface area contributed by atoms with Crippen molar-refractivity contribution in [1.29, 1.82) is 0 Å². The lowest BCUT2D eigenvalue weighted by Crippen LogP contribution is -2.37. The average Bonchev–Trinajstić information content (AvgIpc) is 2.66. The van der Waals surface area contributed by atoms with E-state index < -0.39 is 5.91 Å². The van der Waals surface area contributed by atoms with Crippen molar-refractivity contribution in [3.63, 3.8) is 0 Å². The molecule has 138 valence electrons. The highest BCUT2D eigenvalue weighted by atomic mass is 16.1. The second-order valence-corrected chi connectivity index (χ2v) is 6.93. The van der Waals surface area contributed by atoms with Crippen LogP contribution in [-0.4, -0.2) is 40.4 Å². The molecule has 6 heteroatoms. The molecule has 3 heterocycles. The van der Waals surface area contributed by atoms with Gasteiger partial charge >= 0.3 is 0 Å². The van der Waals surface area contributed by atoms with Gasteiger partial charge in [-0.05, 0) is 63.0 Å². The number of anilines is 1. The molecule has 0 aromatic carbocycles. The molecule has 3 rings (SSSR count). The maximum Gasteiger partial charge on any atom is 0.252 e. The predicted molar refractivity (Wildman–Crippen MR) is 103 cm³/mol. The Labute approximate surface area is 154 Å². The molecule has 0 aliphatic carbocycles. The van der Waals surface area contributed by atoms with Gasteiger partial charge in [-0.25, -0.2) is 4.98 Å². The van der Waals surface area contributed by atoms with Crippen molar-refractivity contribution < 1.29 is 4.79 Å². The number of nitrogens with two attached hydrogens (primary N) is 1. The molecule has 26 heavy (non-hydrogen) atoms. The van der Waals surface area contributed by atoms with Gasteiger partial charge in [-0.2, -0.15) is 0 Å². The largest absolute Gasteiger partial charge is 0.367 e. The molecule has 3 N–H and O–H groups in total. The molecule has 2 aromatic rings. The summed E-state index contributed by atoms with van der Waals surface area (Å²) < 4.78 is 0. The van der Waals surface area contributed by atoms with Crippen molar-refractivity contribution in [2.45, 2.75) is 39.2 Å². The summed E-state index contributed by atoms with van der Waals surface area (Å²) >= 11 is 0. The van der Waals surface area contributed by atoms with Crippen LogP contribution in [0.4, 0.5) is 5.82 Å². The number of rotatable bonds is 6. The smallest absolute Gasteiger partial charge is 0.252 e. The number of nitrogens with zero attached hydrogens (tertiary/aromatic N) is 3. The van der Waals surface area contributed by atoms with E-state index in [2.05, 4.69) is 26.3 Å². The normalized spacial score (nSPS) is 16.2. The first kappa shape index (κ1) is 18.3. The fraction of sp³-hybridized carbons (Fsp3) is 0.450. The first-order valence-electron chi connectivity index (χ1n) is 9.22. The lowest BCUT2D eigenvalue weighted by molar-refractivity contribution is 0.100. The Kier molecular flexibility index (Phi) is 5.83. The van der Waals surface area contributed by atoms with Crippen molar-refractivity contribution in [2.75, 3.05) is 25.0 Å². The van der Waals surface area contributed by atoms with E-state index in [1.54, 1.807) is 6.20 Å². The van der Waals surface area contributed by atoms with E-state index in [-0.39, 0.29) is 6.04 Å². The van der Waals surface area contributed by atoms with Gasteiger partial charge in [0.2, 0.25) is 0 Å². The van der Waals surface area contributed by atoms with Crippen LogP contribution in [-0.2, 0) is 0 Å². The number of carbonyl (C=O) groups excluding carboxylic acids is 1. The number of hydrogen-bond acceptors (Lipinski definition) is 5. The molecule has 1 amide bonds. The summed E-state index contributed by atoms with van der Waals surface area (Å²) in [5.74, 6) is 0.102. The summed E-state index contributed by atoms with van der Waals surface area (Å²) in [6.45, 7) is 6.68. The third-order valence-electron chi connectivity index (χ3n) is 5.10. The summed E-state index contributed by atoms with van der Waals surface area (Å²) in [5.41, 5.74) is 9.03. The Morgan fingerprint density at radius 1 is 1.31 bits per heavy atom. The number of nitrogens with one attached hydrogen (secondary N) is 1. The average molecular weight is 353 g/mol. The van der Waals surface area contributed by atoms with Gasteiger partial charge in [-0.15, -0.1) is 0 Å². The molecule has 0 saturated carbocycles. The number of amides is 1. The number of aryl methyl sites for hydroxylation is 2. The van der Waals surface area contributed by atoms with Gasteiger partial charge in [0.1, 0.15) is 5.82 Å². The van der Waals surface area contributed by atoms with Gasteiger partial charge in [0.05, 0.1) is 11.6 Å². The van der Waals surface area contributed by atoms with Gasteiger partial charge in [0, 0.05) is 24.6 Å². The zero-order valence-corrected chi connectivity index (χ0v) is 15.5. The molecule has 2 aromatic heterocycles. The van der Waals surface area contributed by atoms with E-state index in [0.29, 0.717) is 17.9 Å². The SMILES string of the molecule is Cc1cc(C(N)=O)c(NCC(c2cccnc2)N2CCCCC2)nc1C. The Balaban J connectivity index is 1.84. The standard InChI is InChI=1S/C20H27N5O/c1-14-11-17(19(21)26)20(24-15(14)2)23-13-18(16-7-6-8-22-12-16)25-9-4-3-5-10-25/h6-8,11-12,18H,3-5,9-10,13H2,1-2H3,(H2,21,26)(H,23,24). The fourth-order valence-corrected chi connectivity index (χ4v) is 3.48. The number of pyridine rings is 2. The van der Waals surface area contributed by atoms with E-state index in [9.17, 15) is 4.79 Å². The summed E-state index contributed by atoms with van der Waals surface area (Å²) in [6, 6.07) is 6.08. The zero-order valence-electron chi connectivity index (χ0n) is 15.5. The minimum Gasteiger partial charge on any atom is -0.367 e. The van der Waals surface area contributed by atoms with Crippen LogP contribution >= 0.6 is 0 Å². The zero-order chi connectivity index (χ0) is 18.5. The van der Waals surface area contributed by atoms with Crippen molar-refractivity contribution in [3.05, 3.63) is 53.0 Å². The molecule has 1 atom stereocenters. The number of primary amides is 1. The van der Waals surface area contributed by atoms with Crippen LogP contribution in [0.5, 0.6) is 0 Å². The minimum atomic E-state index is -0.459. The van der Waals surface area contributed by atoms with Gasteiger partial charge in [-0.1, -0.05) is 12.5 Å². The molecule has 0 spiro atoms. The van der Waals surface area contributed by atoms with Gasteiger partial charge < -0.3 is 11.1 Å². The van der Waals surface area contributed by atoms with Crippen molar-refractivity contribution in [3.8, 4) is 0 Å². The maximum absolute atomic E-state index is 11.8. The topological polar surface area (TPSA) is 84.1 Å². The number of carbonyl (C=O) groups is 1. The molecule has 1 saturated heterocycles. The molecule has 1 unspecified atom stereocenters. The van der Waals surface area contributed by atoms with Crippen LogP contribution in [0.1, 0.15) is 52.5 Å². The summed E-state index contributed by atoms with van der Waals surface area (Å²) in [6.07, 6.45) is 7.43. The first-order chi connectivity index (χ1) is 12.6. The molecule has 1 aliphatic rings. The molecule has 6 nitrogen and oxygen atoms in total. The second-order valence-electron chi connectivity index (χ2n) is 6.93. The van der Waals surface area contributed by atoms with Crippen LogP contribution in [0.25, 0.3) is 0 Å². The summed E-state index contributed by atoms with van der Waals surface area (Å²) in [7, 11) is 0. The Bertz CT molecular complexity index is 756. The van der Waals surface area contributed by atoms with E-state index in [0.717, 1.165) is 24.3 Å². The lowest BCUT2D eigenvalue weighted by atomic mass is 10.0. The lowest BCUT2D eigenvalue weighted by Gasteiger charge is -2.35. The van der Waals surface area contributed by atoms with Gasteiger partial charge in [-0.3, -0.25) is 14.7 Å². The van der Waals surface area contributed by atoms with Crippen LogP contribution in [0.2, 0.25) is 0 Å². The van der Waals surface area contributed by atoms with Crippen LogP contribution in [0, 0.1) is 13.8 Å². The minimum absolute atomic E-state index is 0.188. The predicted octanol–water partition coefficient (Wildman–Crippen LogP) is 2.83. The highest BCUT2D eigenvalue weighted by molar-refractivity contribution is 5.97. The van der Waals surface area contributed by atoms with Crippen LogP contribution in [0.3, 0.4) is 0 Å². The van der Waals surface area contributed by atoms with E-state index in [4.69, 9.17) is 5.73 Å². The Hall–Kier alpha value is -2.47. The molecule has 0 radical (unpaired) electrons. The fourth-order valence-electron chi connectivity index (χ4n) is 3.48. The first-order valence-corrected chi connectivity index (χ1v) is 9.22. The maximum atomic E-state index is 11.8. The third-order valence-corrected chi connectivity index (χ3v) is 5.10. The number of aromatic nitrogens is 2. The second kappa shape index (κ2) is 8.27. The van der Waals surface area contributed by atoms with Crippen LogP contribution in [0.15, 0.2) is 30.6 Å². The van der Waals surface area contributed by atoms with Crippen LogP contribution < -0.4 is 11.1 Å². The number of likely N-dealkylation sites (tertiary alicyclic amines) is 1. The van der Waals surface area contributed by atoms with Crippen molar-refractivity contribution in [2.24, 2.45) is 5.73 Å². The number of hydrogen-bond donors (Lipinski definition) is 2. The molecule has 1 fully saturated rings. The highest BCUT2D eigenvalue weighted by Crippen LogP contribution is 2.25. The molecular weight excluding hydrogens is 326 g/mol. The monoisotopic (exact) mass is 353 g/mol. The number of piperidine rings is 1. The van der Waals surface area contributed by atoms with E-state index in [1.807, 2.05) is 32.2 Å². The van der Waals surface area contributed by atoms with Gasteiger partial charge in [0.25, 0.3) is 5.91 Å². The third kappa shape index (κ3) is 4.19. The molecular formula is C20H27N5O. The van der Waals surface area contributed by atoms with E-state index in [1.165, 1.54) is 24.8 Å². The summed E-state index contributed by atoms with van der Waals surface area (Å²) in [4.78, 5) is 23.1. The van der Waals surface area contributed by atoms with Gasteiger partial charge in [0.15, 0.2) is 0 Å². The molecule has 0 bridgehead atoms. The summed E-state index contributed by atoms with van der Waals surface area (Å²) in [5, 5.41) is 3.38. The Morgan fingerprint density at radius 2 is 2.08 bits per heavy atom. The molecule has 1 aliphatic heterocycles. The quantitative estimate of drug-likeness (QED) is 0.834. The highest BCUT2D eigenvalue weighted by Gasteiger charge is 2.23. The Morgan fingerprint density at radius 3 is 2.73 bits per heavy atom.